The standard InChI is InChI=1S/C15H17Cl2N3O/c16-11-6-12(17)8-13(7-11)19-15(21)20-14(9-18)10-4-2-1-3-5-10/h6-8,10,14H,1-5H2,(H2,19,20,21). The first kappa shape index (κ1) is 15.9. The molecular formula is C15H17Cl2N3O. The van der Waals surface area contributed by atoms with Gasteiger partial charge in [0.25, 0.3) is 0 Å². The van der Waals surface area contributed by atoms with Crippen LogP contribution < -0.4 is 10.6 Å². The number of nitrogens with one attached hydrogen (secondary N) is 2. The summed E-state index contributed by atoms with van der Waals surface area (Å²) in [6.07, 6.45) is 5.43. The van der Waals surface area contributed by atoms with E-state index in [-0.39, 0.29) is 5.92 Å². The molecular weight excluding hydrogens is 309 g/mol. The van der Waals surface area contributed by atoms with E-state index in [1.807, 2.05) is 0 Å². The van der Waals surface area contributed by atoms with Crippen molar-refractivity contribution in [2.45, 2.75) is 38.1 Å². The smallest absolute Gasteiger partial charge is 0.320 e. The Labute approximate surface area is 134 Å². The van der Waals surface area contributed by atoms with E-state index in [0.717, 1.165) is 25.7 Å². The number of rotatable bonds is 3. The Hall–Kier alpha value is -1.44. The number of nitrogens with zero attached hydrogens (tertiary/aromatic N) is 1. The molecule has 6 heteroatoms. The maximum Gasteiger partial charge on any atom is 0.320 e. The quantitative estimate of drug-likeness (QED) is 0.853. The van der Waals surface area contributed by atoms with Crippen molar-refractivity contribution in [3.05, 3.63) is 28.2 Å². The first-order valence-corrected chi connectivity index (χ1v) is 7.77. The Morgan fingerprint density at radius 3 is 2.38 bits per heavy atom. The number of carbonyl (C=O) groups excluding carboxylic acids is 1. The van der Waals surface area contributed by atoms with Gasteiger partial charge in [-0.05, 0) is 37.0 Å². The van der Waals surface area contributed by atoms with Crippen LogP contribution in [0.2, 0.25) is 10.0 Å². The van der Waals surface area contributed by atoms with Crippen LogP contribution in [0.25, 0.3) is 0 Å². The topological polar surface area (TPSA) is 64.9 Å². The Morgan fingerprint density at radius 1 is 1.19 bits per heavy atom. The highest BCUT2D eigenvalue weighted by atomic mass is 35.5. The Balaban J connectivity index is 1.94. The lowest BCUT2D eigenvalue weighted by Gasteiger charge is -2.26. The molecule has 2 rings (SSSR count). The van der Waals surface area contributed by atoms with Gasteiger partial charge in [0.15, 0.2) is 0 Å². The lowest BCUT2D eigenvalue weighted by Crippen LogP contribution is -2.42. The fourth-order valence-electron chi connectivity index (χ4n) is 2.66. The predicted molar refractivity (Wildman–Crippen MR) is 84.6 cm³/mol. The summed E-state index contributed by atoms with van der Waals surface area (Å²) in [5.74, 6) is 0.234. The van der Waals surface area contributed by atoms with E-state index in [9.17, 15) is 10.1 Å². The lowest BCUT2D eigenvalue weighted by atomic mass is 9.84. The van der Waals surface area contributed by atoms with E-state index in [4.69, 9.17) is 23.2 Å². The molecule has 1 aromatic carbocycles. The van der Waals surface area contributed by atoms with Crippen molar-refractivity contribution >= 4 is 34.9 Å². The molecule has 0 saturated heterocycles. The van der Waals surface area contributed by atoms with Gasteiger partial charge in [0.2, 0.25) is 0 Å². The van der Waals surface area contributed by atoms with Gasteiger partial charge >= 0.3 is 6.03 Å². The summed E-state index contributed by atoms with van der Waals surface area (Å²) < 4.78 is 0. The number of urea groups is 1. The summed E-state index contributed by atoms with van der Waals surface area (Å²) in [7, 11) is 0. The van der Waals surface area contributed by atoms with Crippen LogP contribution in [0.5, 0.6) is 0 Å². The van der Waals surface area contributed by atoms with Crippen molar-refractivity contribution < 1.29 is 4.79 Å². The fraction of sp³-hybridized carbons (Fsp3) is 0.467. The van der Waals surface area contributed by atoms with E-state index >= 15 is 0 Å². The zero-order valence-electron chi connectivity index (χ0n) is 11.5. The predicted octanol–water partition coefficient (Wildman–Crippen LogP) is 4.59. The van der Waals surface area contributed by atoms with E-state index in [1.54, 1.807) is 18.2 Å². The number of hydrogen-bond donors (Lipinski definition) is 2. The number of amides is 2. The minimum Gasteiger partial charge on any atom is -0.322 e. The molecule has 1 saturated carbocycles. The molecule has 0 heterocycles. The Morgan fingerprint density at radius 2 is 1.81 bits per heavy atom. The molecule has 0 aromatic heterocycles. The van der Waals surface area contributed by atoms with Crippen LogP contribution in [0.1, 0.15) is 32.1 Å². The Kier molecular flexibility index (Phi) is 5.72. The molecule has 1 fully saturated rings. The summed E-state index contributed by atoms with van der Waals surface area (Å²) in [5, 5.41) is 15.5. The third-order valence-corrected chi connectivity index (χ3v) is 4.10. The molecule has 1 unspecified atom stereocenters. The van der Waals surface area contributed by atoms with Gasteiger partial charge in [-0.3, -0.25) is 0 Å². The van der Waals surface area contributed by atoms with E-state index in [1.165, 1.54) is 6.42 Å². The molecule has 0 aliphatic heterocycles. The summed E-state index contributed by atoms with van der Waals surface area (Å²) in [5.41, 5.74) is 0.505. The third kappa shape index (κ3) is 4.80. The Bertz CT molecular complexity index is 530. The molecule has 1 atom stereocenters. The van der Waals surface area contributed by atoms with Gasteiger partial charge in [-0.2, -0.15) is 5.26 Å². The molecule has 21 heavy (non-hydrogen) atoms. The molecule has 0 radical (unpaired) electrons. The minimum absolute atomic E-state index is 0.234. The normalized spacial score (nSPS) is 16.8. The second-order valence-corrected chi connectivity index (χ2v) is 6.13. The zero-order chi connectivity index (χ0) is 15.2. The molecule has 4 nitrogen and oxygen atoms in total. The minimum atomic E-state index is -0.458. The summed E-state index contributed by atoms with van der Waals surface area (Å²) in [4.78, 5) is 12.0. The van der Waals surface area contributed by atoms with Gasteiger partial charge in [-0.15, -0.1) is 0 Å². The highest BCUT2D eigenvalue weighted by Gasteiger charge is 2.24. The van der Waals surface area contributed by atoms with E-state index in [0.29, 0.717) is 15.7 Å². The number of anilines is 1. The van der Waals surface area contributed by atoms with Crippen LogP contribution in [0, 0.1) is 17.2 Å². The first-order chi connectivity index (χ1) is 10.1. The molecule has 1 aromatic rings. The third-order valence-electron chi connectivity index (χ3n) is 3.67. The largest absolute Gasteiger partial charge is 0.322 e. The molecule has 1 aliphatic rings. The second-order valence-electron chi connectivity index (χ2n) is 5.26. The van der Waals surface area contributed by atoms with Crippen molar-refractivity contribution in [1.82, 2.24) is 5.32 Å². The highest BCUT2D eigenvalue weighted by Crippen LogP contribution is 2.26. The van der Waals surface area contributed by atoms with Crippen LogP contribution in [-0.2, 0) is 0 Å². The van der Waals surface area contributed by atoms with Crippen molar-refractivity contribution in [3.63, 3.8) is 0 Å². The zero-order valence-corrected chi connectivity index (χ0v) is 13.0. The van der Waals surface area contributed by atoms with Crippen molar-refractivity contribution in [3.8, 4) is 6.07 Å². The van der Waals surface area contributed by atoms with Gasteiger partial charge in [-0.1, -0.05) is 42.5 Å². The average molecular weight is 326 g/mol. The van der Waals surface area contributed by atoms with Gasteiger partial charge in [0.05, 0.1) is 6.07 Å². The lowest BCUT2D eigenvalue weighted by molar-refractivity contribution is 0.241. The molecule has 1 aliphatic carbocycles. The summed E-state index contributed by atoms with van der Waals surface area (Å²) >= 11 is 11.8. The molecule has 0 bridgehead atoms. The van der Waals surface area contributed by atoms with Gasteiger partial charge in [-0.25, -0.2) is 4.79 Å². The highest BCUT2D eigenvalue weighted by molar-refractivity contribution is 6.35. The second kappa shape index (κ2) is 7.53. The van der Waals surface area contributed by atoms with Crippen molar-refractivity contribution in [1.29, 1.82) is 5.26 Å². The van der Waals surface area contributed by atoms with Crippen molar-refractivity contribution in [2.75, 3.05) is 5.32 Å². The number of nitriles is 1. The number of hydrogen-bond acceptors (Lipinski definition) is 2. The number of benzene rings is 1. The maximum atomic E-state index is 12.0. The number of halogens is 2. The maximum absolute atomic E-state index is 12.0. The molecule has 0 spiro atoms. The molecule has 112 valence electrons. The first-order valence-electron chi connectivity index (χ1n) is 7.01. The summed E-state index contributed by atoms with van der Waals surface area (Å²) in [6.45, 7) is 0. The monoisotopic (exact) mass is 325 g/mol. The van der Waals surface area contributed by atoms with Crippen LogP contribution in [-0.4, -0.2) is 12.1 Å². The number of carbonyl (C=O) groups is 1. The van der Waals surface area contributed by atoms with E-state index < -0.39 is 12.1 Å². The van der Waals surface area contributed by atoms with Crippen LogP contribution in [0.15, 0.2) is 18.2 Å². The van der Waals surface area contributed by atoms with Crippen molar-refractivity contribution in [2.24, 2.45) is 5.92 Å². The fourth-order valence-corrected chi connectivity index (χ4v) is 3.18. The molecule has 2 amide bonds. The molecule has 2 N–H and O–H groups in total. The van der Waals surface area contributed by atoms with Gasteiger partial charge in [0, 0.05) is 15.7 Å². The summed E-state index contributed by atoms with van der Waals surface area (Å²) in [6, 6.07) is 6.12. The van der Waals surface area contributed by atoms with Crippen LogP contribution in [0.4, 0.5) is 10.5 Å². The van der Waals surface area contributed by atoms with Crippen LogP contribution >= 0.6 is 23.2 Å². The van der Waals surface area contributed by atoms with E-state index in [2.05, 4.69) is 16.7 Å². The average Bonchev–Trinajstić information content (AvgIpc) is 2.44. The van der Waals surface area contributed by atoms with Gasteiger partial charge in [0.1, 0.15) is 6.04 Å². The van der Waals surface area contributed by atoms with Gasteiger partial charge < -0.3 is 10.6 Å². The SMILES string of the molecule is N#CC(NC(=O)Nc1cc(Cl)cc(Cl)c1)C1CCCCC1. The van der Waals surface area contributed by atoms with Crippen LogP contribution in [0.3, 0.4) is 0 Å².